The van der Waals surface area contributed by atoms with Gasteiger partial charge in [0.15, 0.2) is 0 Å². The Labute approximate surface area is 115 Å². The fourth-order valence-corrected chi connectivity index (χ4v) is 1.95. The van der Waals surface area contributed by atoms with Crippen molar-refractivity contribution in [3.63, 3.8) is 0 Å². The van der Waals surface area contributed by atoms with Crippen LogP contribution in [0, 0.1) is 6.92 Å². The summed E-state index contributed by atoms with van der Waals surface area (Å²) in [6.45, 7) is 2.34. The molecule has 0 amide bonds. The smallest absolute Gasteiger partial charge is 0.330 e. The number of aryl methyl sites for hydroxylation is 2. The van der Waals surface area contributed by atoms with Crippen LogP contribution in [-0.2, 0) is 13.6 Å². The van der Waals surface area contributed by atoms with Crippen molar-refractivity contribution in [2.45, 2.75) is 13.5 Å². The Morgan fingerprint density at radius 3 is 2.70 bits per heavy atom. The Kier molecular flexibility index (Phi) is 3.93. The van der Waals surface area contributed by atoms with E-state index in [1.165, 1.54) is 15.3 Å². The van der Waals surface area contributed by atoms with Gasteiger partial charge in [0.2, 0.25) is 5.88 Å². The maximum Gasteiger partial charge on any atom is 0.330 e. The van der Waals surface area contributed by atoms with Crippen molar-refractivity contribution in [3.8, 4) is 11.6 Å². The minimum Gasteiger partial charge on any atom is -0.493 e. The van der Waals surface area contributed by atoms with Gasteiger partial charge < -0.3 is 9.84 Å². The molecule has 0 saturated heterocycles. The van der Waals surface area contributed by atoms with E-state index in [0.717, 1.165) is 11.8 Å². The van der Waals surface area contributed by atoms with Gasteiger partial charge in [-0.25, -0.2) is 4.79 Å². The summed E-state index contributed by atoms with van der Waals surface area (Å²) < 4.78 is 8.10. The molecule has 0 unspecified atom stereocenters. The van der Waals surface area contributed by atoms with Crippen LogP contribution in [0.4, 0.5) is 0 Å². The normalized spacial score (nSPS) is 10.5. The Bertz CT molecular complexity index is 685. The number of hydrogen-bond acceptors (Lipinski definition) is 4. The van der Waals surface area contributed by atoms with Crippen LogP contribution < -0.4 is 10.4 Å². The standard InChI is InChI=1S/C14H16N2O4/c1-10-7-11(9-17)3-4-12(10)20-6-5-16-13(18)8-15(2)14(16)19/h3-4,7-9,18H,5-6H2,1-2H3. The minimum absolute atomic E-state index is 0.0888. The average molecular weight is 276 g/mol. The number of carbonyl (C=O) groups is 1. The monoisotopic (exact) mass is 276 g/mol. The zero-order valence-electron chi connectivity index (χ0n) is 11.4. The number of aromatic hydroxyl groups is 1. The highest BCUT2D eigenvalue weighted by Gasteiger charge is 2.08. The number of aldehydes is 1. The van der Waals surface area contributed by atoms with E-state index >= 15 is 0 Å². The van der Waals surface area contributed by atoms with Crippen LogP contribution in [0.25, 0.3) is 0 Å². The Balaban J connectivity index is 2.03. The number of carbonyl (C=O) groups excluding carboxylic acids is 1. The third kappa shape index (κ3) is 2.74. The van der Waals surface area contributed by atoms with Crippen LogP contribution >= 0.6 is 0 Å². The molecule has 0 bridgehead atoms. The molecule has 0 aliphatic heterocycles. The first-order valence-corrected chi connectivity index (χ1v) is 6.16. The molecular formula is C14H16N2O4. The Morgan fingerprint density at radius 2 is 2.15 bits per heavy atom. The molecule has 20 heavy (non-hydrogen) atoms. The molecule has 0 aliphatic rings. The van der Waals surface area contributed by atoms with Gasteiger partial charge in [0.05, 0.1) is 12.7 Å². The molecule has 0 saturated carbocycles. The van der Waals surface area contributed by atoms with Crippen molar-refractivity contribution in [3.05, 3.63) is 46.0 Å². The summed E-state index contributed by atoms with van der Waals surface area (Å²) in [5.41, 5.74) is 1.14. The van der Waals surface area contributed by atoms with Gasteiger partial charge in [-0.3, -0.25) is 13.9 Å². The molecule has 6 heteroatoms. The van der Waals surface area contributed by atoms with Crippen LogP contribution in [0.1, 0.15) is 15.9 Å². The first-order chi connectivity index (χ1) is 9.52. The lowest BCUT2D eigenvalue weighted by molar-refractivity contribution is 0.112. The van der Waals surface area contributed by atoms with Crippen LogP contribution in [0.3, 0.4) is 0 Å². The van der Waals surface area contributed by atoms with E-state index in [2.05, 4.69) is 0 Å². The molecule has 1 aromatic carbocycles. The molecule has 1 N–H and O–H groups in total. The fourth-order valence-electron chi connectivity index (χ4n) is 1.95. The van der Waals surface area contributed by atoms with Crippen LogP contribution in [-0.4, -0.2) is 27.1 Å². The number of hydrogen-bond donors (Lipinski definition) is 1. The third-order valence-corrected chi connectivity index (χ3v) is 3.03. The molecule has 1 heterocycles. The van der Waals surface area contributed by atoms with Gasteiger partial charge >= 0.3 is 5.69 Å². The Morgan fingerprint density at radius 1 is 1.40 bits per heavy atom. The van der Waals surface area contributed by atoms with Crippen LogP contribution in [0.5, 0.6) is 11.6 Å². The highest BCUT2D eigenvalue weighted by Crippen LogP contribution is 2.18. The summed E-state index contributed by atoms with van der Waals surface area (Å²) in [7, 11) is 1.57. The fraction of sp³-hybridized carbons (Fsp3) is 0.286. The molecule has 106 valence electrons. The molecule has 6 nitrogen and oxygen atoms in total. The number of benzene rings is 1. The van der Waals surface area contributed by atoms with Gasteiger partial charge in [0.1, 0.15) is 18.6 Å². The maximum absolute atomic E-state index is 11.7. The summed E-state index contributed by atoms with van der Waals surface area (Å²) in [4.78, 5) is 22.3. The molecule has 2 aromatic rings. The zero-order chi connectivity index (χ0) is 14.7. The van der Waals surface area contributed by atoms with E-state index in [9.17, 15) is 14.7 Å². The van der Waals surface area contributed by atoms with Crippen LogP contribution in [0.2, 0.25) is 0 Å². The van der Waals surface area contributed by atoms with E-state index in [4.69, 9.17) is 4.74 Å². The summed E-state index contributed by atoms with van der Waals surface area (Å²) >= 11 is 0. The third-order valence-electron chi connectivity index (χ3n) is 3.03. The predicted octanol–water partition coefficient (Wildman–Crippen LogP) is 1.09. The maximum atomic E-state index is 11.7. The first-order valence-electron chi connectivity index (χ1n) is 6.16. The molecule has 0 spiro atoms. The Hall–Kier alpha value is -2.50. The molecule has 0 aliphatic carbocycles. The van der Waals surface area contributed by atoms with Crippen molar-refractivity contribution in [2.24, 2.45) is 7.05 Å². The van der Waals surface area contributed by atoms with E-state index < -0.39 is 0 Å². The second-order valence-electron chi connectivity index (χ2n) is 4.52. The molecule has 0 radical (unpaired) electrons. The number of nitrogens with zero attached hydrogens (tertiary/aromatic N) is 2. The molecule has 1 aromatic heterocycles. The SMILES string of the molecule is Cc1cc(C=O)ccc1OCCn1c(O)cn(C)c1=O. The lowest BCUT2D eigenvalue weighted by Crippen LogP contribution is -2.24. The number of imidazole rings is 1. The van der Waals surface area contributed by atoms with Gasteiger partial charge in [0, 0.05) is 12.6 Å². The molecule has 0 atom stereocenters. The van der Waals surface area contributed by atoms with Crippen LogP contribution in [0.15, 0.2) is 29.2 Å². The van der Waals surface area contributed by atoms with E-state index in [0.29, 0.717) is 11.3 Å². The van der Waals surface area contributed by atoms with Crippen molar-refractivity contribution >= 4 is 6.29 Å². The van der Waals surface area contributed by atoms with E-state index in [1.807, 2.05) is 6.92 Å². The molecule has 0 fully saturated rings. The molecule has 2 rings (SSSR count). The summed E-state index contributed by atoms with van der Waals surface area (Å²) in [5.74, 6) is 0.563. The van der Waals surface area contributed by atoms with Gasteiger partial charge in [-0.1, -0.05) is 0 Å². The van der Waals surface area contributed by atoms with Crippen molar-refractivity contribution in [1.29, 1.82) is 0 Å². The highest BCUT2D eigenvalue weighted by molar-refractivity contribution is 5.75. The first kappa shape index (κ1) is 13.9. The number of rotatable bonds is 5. The topological polar surface area (TPSA) is 73.5 Å². The summed E-state index contributed by atoms with van der Waals surface area (Å²) in [5, 5.41) is 9.58. The summed E-state index contributed by atoms with van der Waals surface area (Å²) in [6.07, 6.45) is 2.13. The van der Waals surface area contributed by atoms with Gasteiger partial charge in [-0.05, 0) is 30.7 Å². The second-order valence-corrected chi connectivity index (χ2v) is 4.52. The van der Waals surface area contributed by atoms with E-state index in [-0.39, 0.29) is 24.7 Å². The van der Waals surface area contributed by atoms with Gasteiger partial charge in [-0.15, -0.1) is 0 Å². The minimum atomic E-state index is -0.292. The number of aromatic nitrogens is 2. The second kappa shape index (κ2) is 5.64. The van der Waals surface area contributed by atoms with E-state index in [1.54, 1.807) is 25.2 Å². The zero-order valence-corrected chi connectivity index (χ0v) is 11.4. The highest BCUT2D eigenvalue weighted by atomic mass is 16.5. The van der Waals surface area contributed by atoms with Gasteiger partial charge in [-0.2, -0.15) is 0 Å². The summed E-state index contributed by atoms with van der Waals surface area (Å²) in [6, 6.07) is 5.11. The van der Waals surface area contributed by atoms with Crippen molar-refractivity contribution < 1.29 is 14.6 Å². The quantitative estimate of drug-likeness (QED) is 0.830. The largest absolute Gasteiger partial charge is 0.493 e. The lowest BCUT2D eigenvalue weighted by Gasteiger charge is -2.09. The molecular weight excluding hydrogens is 260 g/mol. The lowest BCUT2D eigenvalue weighted by atomic mass is 10.1. The van der Waals surface area contributed by atoms with Gasteiger partial charge in [0.25, 0.3) is 0 Å². The van der Waals surface area contributed by atoms with Crippen molar-refractivity contribution in [2.75, 3.05) is 6.61 Å². The van der Waals surface area contributed by atoms with Crippen molar-refractivity contribution in [1.82, 2.24) is 9.13 Å². The average Bonchev–Trinajstić information content (AvgIpc) is 2.66. The predicted molar refractivity (Wildman–Crippen MR) is 73.4 cm³/mol. The number of ether oxygens (including phenoxy) is 1.